The molecule has 4 nitrogen and oxygen atoms in total. The molecule has 2 heterocycles. The number of β-lactam (4-membered cyclic amide) rings is 1. The zero-order valence-electron chi connectivity index (χ0n) is 7.49. The highest BCUT2D eigenvalue weighted by Gasteiger charge is 2.33. The Morgan fingerprint density at radius 1 is 1.77 bits per heavy atom. The number of hydrogen-bond donors (Lipinski definition) is 1. The maximum atomic E-state index is 11.2. The summed E-state index contributed by atoms with van der Waals surface area (Å²) in [5.74, 6) is 0.857. The molecule has 1 saturated heterocycles. The molecule has 70 valence electrons. The topological polar surface area (TPSA) is 59.5 Å². The van der Waals surface area contributed by atoms with E-state index >= 15 is 0 Å². The third-order valence-electron chi connectivity index (χ3n) is 2.35. The van der Waals surface area contributed by atoms with Crippen molar-refractivity contribution in [2.75, 3.05) is 6.54 Å². The lowest BCUT2D eigenvalue weighted by Gasteiger charge is -2.35. The fourth-order valence-electron chi connectivity index (χ4n) is 1.41. The van der Waals surface area contributed by atoms with Gasteiger partial charge in [-0.25, -0.2) is 0 Å². The quantitative estimate of drug-likeness (QED) is 0.664. The van der Waals surface area contributed by atoms with Crippen molar-refractivity contribution in [2.45, 2.75) is 19.5 Å². The van der Waals surface area contributed by atoms with E-state index in [1.54, 1.807) is 11.2 Å². The van der Waals surface area contributed by atoms with Gasteiger partial charge in [0.25, 0.3) is 0 Å². The van der Waals surface area contributed by atoms with Crippen LogP contribution in [0.1, 0.15) is 11.3 Å². The number of rotatable bonds is 2. The number of aryl methyl sites for hydroxylation is 1. The molecule has 0 radical (unpaired) electrons. The summed E-state index contributed by atoms with van der Waals surface area (Å²) in [5.41, 5.74) is 6.53. The Morgan fingerprint density at radius 2 is 2.54 bits per heavy atom. The van der Waals surface area contributed by atoms with E-state index in [1.807, 2.05) is 13.0 Å². The standard InChI is InChI=1S/C9H12N2O2/c1-6-2-3-13-8(6)5-11-4-7(10)9(11)12/h2-3,7H,4-5,10H2,1H3. The fraction of sp³-hybridized carbons (Fsp3) is 0.444. The second-order valence-electron chi connectivity index (χ2n) is 3.35. The molecule has 0 saturated carbocycles. The number of nitrogens with two attached hydrogens (primary N) is 1. The van der Waals surface area contributed by atoms with Crippen molar-refractivity contribution in [3.8, 4) is 0 Å². The summed E-state index contributed by atoms with van der Waals surface area (Å²) >= 11 is 0. The van der Waals surface area contributed by atoms with Crippen molar-refractivity contribution in [2.24, 2.45) is 5.73 Å². The van der Waals surface area contributed by atoms with Gasteiger partial charge in [-0.05, 0) is 18.6 Å². The Hall–Kier alpha value is -1.29. The predicted octanol–water partition coefficient (Wildman–Crippen LogP) is 0.258. The van der Waals surface area contributed by atoms with Gasteiger partial charge in [-0.2, -0.15) is 0 Å². The van der Waals surface area contributed by atoms with E-state index in [0.29, 0.717) is 13.1 Å². The molecule has 1 aromatic heterocycles. The maximum Gasteiger partial charge on any atom is 0.241 e. The van der Waals surface area contributed by atoms with Crippen LogP contribution in [0.2, 0.25) is 0 Å². The van der Waals surface area contributed by atoms with Gasteiger partial charge in [-0.15, -0.1) is 0 Å². The summed E-state index contributed by atoms with van der Waals surface area (Å²) in [6.07, 6.45) is 1.63. The van der Waals surface area contributed by atoms with Gasteiger partial charge in [0.1, 0.15) is 11.8 Å². The smallest absolute Gasteiger partial charge is 0.241 e. The molecule has 1 aliphatic rings. The molecule has 1 amide bonds. The Kier molecular flexibility index (Phi) is 1.84. The predicted molar refractivity (Wildman–Crippen MR) is 46.8 cm³/mol. The SMILES string of the molecule is Cc1ccoc1CN1CC(N)C1=O. The number of carbonyl (C=O) groups excluding carboxylic acids is 1. The number of likely N-dealkylation sites (tertiary alicyclic amines) is 1. The first-order valence-electron chi connectivity index (χ1n) is 4.26. The number of carbonyl (C=O) groups is 1. The summed E-state index contributed by atoms with van der Waals surface area (Å²) in [6.45, 7) is 3.15. The molecule has 0 aliphatic carbocycles. The maximum absolute atomic E-state index is 11.2. The second kappa shape index (κ2) is 2.88. The molecule has 1 aliphatic heterocycles. The highest BCUT2D eigenvalue weighted by molar-refractivity contribution is 5.87. The zero-order valence-corrected chi connectivity index (χ0v) is 7.49. The van der Waals surface area contributed by atoms with E-state index in [2.05, 4.69) is 0 Å². The molecule has 0 spiro atoms. The number of nitrogens with zero attached hydrogens (tertiary/aromatic N) is 1. The van der Waals surface area contributed by atoms with Crippen LogP contribution in [-0.2, 0) is 11.3 Å². The summed E-state index contributed by atoms with van der Waals surface area (Å²) < 4.78 is 5.22. The van der Waals surface area contributed by atoms with Gasteiger partial charge in [-0.3, -0.25) is 4.79 Å². The van der Waals surface area contributed by atoms with Gasteiger partial charge < -0.3 is 15.1 Å². The number of hydrogen-bond acceptors (Lipinski definition) is 3. The van der Waals surface area contributed by atoms with Crippen molar-refractivity contribution >= 4 is 5.91 Å². The monoisotopic (exact) mass is 180 g/mol. The molecule has 4 heteroatoms. The first kappa shape index (κ1) is 8.31. The van der Waals surface area contributed by atoms with Crippen LogP contribution < -0.4 is 5.73 Å². The largest absolute Gasteiger partial charge is 0.467 e. The highest BCUT2D eigenvalue weighted by atomic mass is 16.3. The minimum Gasteiger partial charge on any atom is -0.467 e. The van der Waals surface area contributed by atoms with Gasteiger partial charge in [0.05, 0.1) is 12.8 Å². The lowest BCUT2D eigenvalue weighted by Crippen LogP contribution is -2.60. The Bertz CT molecular complexity index is 332. The first-order chi connectivity index (χ1) is 6.18. The van der Waals surface area contributed by atoms with Crippen LogP contribution in [0.4, 0.5) is 0 Å². The highest BCUT2D eigenvalue weighted by Crippen LogP contribution is 2.16. The Morgan fingerprint density at radius 3 is 3.00 bits per heavy atom. The van der Waals surface area contributed by atoms with E-state index < -0.39 is 0 Å². The van der Waals surface area contributed by atoms with E-state index in [4.69, 9.17) is 10.2 Å². The molecule has 1 fully saturated rings. The molecule has 0 aromatic carbocycles. The van der Waals surface area contributed by atoms with Gasteiger partial charge >= 0.3 is 0 Å². The Balaban J connectivity index is 2.00. The van der Waals surface area contributed by atoms with E-state index in [9.17, 15) is 4.79 Å². The van der Waals surface area contributed by atoms with Gasteiger partial charge in [-0.1, -0.05) is 0 Å². The van der Waals surface area contributed by atoms with Gasteiger partial charge in [0.2, 0.25) is 5.91 Å². The van der Waals surface area contributed by atoms with Crippen LogP contribution in [0.15, 0.2) is 16.7 Å². The summed E-state index contributed by atoms with van der Waals surface area (Å²) in [6, 6.07) is 1.59. The summed E-state index contributed by atoms with van der Waals surface area (Å²) in [4.78, 5) is 12.8. The molecular weight excluding hydrogens is 168 g/mol. The molecule has 1 aromatic rings. The molecule has 2 rings (SSSR count). The average Bonchev–Trinajstić information content (AvgIpc) is 2.51. The molecule has 0 bridgehead atoms. The van der Waals surface area contributed by atoms with Crippen LogP contribution in [0.3, 0.4) is 0 Å². The minimum absolute atomic E-state index is 0.0100. The van der Waals surface area contributed by atoms with Crippen LogP contribution in [0.5, 0.6) is 0 Å². The van der Waals surface area contributed by atoms with Crippen molar-refractivity contribution < 1.29 is 9.21 Å². The Labute approximate surface area is 76.3 Å². The molecule has 1 unspecified atom stereocenters. The first-order valence-corrected chi connectivity index (χ1v) is 4.26. The zero-order chi connectivity index (χ0) is 9.42. The van der Waals surface area contributed by atoms with Crippen molar-refractivity contribution in [1.82, 2.24) is 4.90 Å². The molecule has 1 atom stereocenters. The molecule has 13 heavy (non-hydrogen) atoms. The van der Waals surface area contributed by atoms with Gasteiger partial charge in [0.15, 0.2) is 0 Å². The summed E-state index contributed by atoms with van der Waals surface area (Å²) in [5, 5.41) is 0. The van der Waals surface area contributed by atoms with Crippen LogP contribution >= 0.6 is 0 Å². The summed E-state index contributed by atoms with van der Waals surface area (Å²) in [7, 11) is 0. The van der Waals surface area contributed by atoms with E-state index in [0.717, 1.165) is 11.3 Å². The van der Waals surface area contributed by atoms with Crippen molar-refractivity contribution in [3.63, 3.8) is 0 Å². The second-order valence-corrected chi connectivity index (χ2v) is 3.35. The van der Waals surface area contributed by atoms with Crippen molar-refractivity contribution in [3.05, 3.63) is 23.7 Å². The normalized spacial score (nSPS) is 21.8. The number of amides is 1. The van der Waals surface area contributed by atoms with E-state index in [1.165, 1.54) is 0 Å². The third-order valence-corrected chi connectivity index (χ3v) is 2.35. The molecular formula is C9H12N2O2. The van der Waals surface area contributed by atoms with Crippen LogP contribution in [0, 0.1) is 6.92 Å². The number of furan rings is 1. The molecule has 2 N–H and O–H groups in total. The average molecular weight is 180 g/mol. The lowest BCUT2D eigenvalue weighted by molar-refractivity contribution is -0.143. The third kappa shape index (κ3) is 1.33. The fourth-order valence-corrected chi connectivity index (χ4v) is 1.41. The van der Waals surface area contributed by atoms with Crippen LogP contribution in [-0.4, -0.2) is 23.4 Å². The minimum atomic E-state index is -0.296. The van der Waals surface area contributed by atoms with Gasteiger partial charge in [0, 0.05) is 6.54 Å². The van der Waals surface area contributed by atoms with Crippen molar-refractivity contribution in [1.29, 1.82) is 0 Å². The van der Waals surface area contributed by atoms with E-state index in [-0.39, 0.29) is 11.9 Å². The van der Waals surface area contributed by atoms with Crippen LogP contribution in [0.25, 0.3) is 0 Å². The lowest BCUT2D eigenvalue weighted by atomic mass is 10.1.